The first kappa shape index (κ1) is 13.4. The van der Waals surface area contributed by atoms with Gasteiger partial charge in [-0.25, -0.2) is 0 Å². The summed E-state index contributed by atoms with van der Waals surface area (Å²) in [5.41, 5.74) is 7.69. The number of rotatable bonds is 1. The number of carbonyl (C=O) groups excluding carboxylic acids is 2. The average Bonchev–Trinajstić information content (AvgIpc) is 2.88. The van der Waals surface area contributed by atoms with Gasteiger partial charge in [0.25, 0.3) is 0 Å². The first-order valence-electron chi connectivity index (χ1n) is 6.73. The molecule has 0 bridgehead atoms. The fraction of sp³-hybridized carbons (Fsp3) is 0.250. The molecular formula is C16H14N2O3. The molecule has 2 aromatic rings. The highest BCUT2D eigenvalue weighted by Gasteiger charge is 2.30. The molecule has 1 saturated heterocycles. The summed E-state index contributed by atoms with van der Waals surface area (Å²) in [5, 5.41) is 3.22. The maximum atomic E-state index is 12.0. The number of fused-ring (bicyclic) bond motifs is 1. The topological polar surface area (TPSA) is 85.3 Å². The standard InChI is InChI=1S/C16H14N2O3/c17-7-1-2-10-3-5-14-12(8-10)13(9-21-14)11-4-6-15(19)18-16(11)20/h3,5,8-9,11H,4,6-7,17H2,(H,18,19,20)/t11-/m1/s1. The first-order valence-corrected chi connectivity index (χ1v) is 6.73. The van der Waals surface area contributed by atoms with Gasteiger partial charge in [-0.05, 0) is 24.6 Å². The van der Waals surface area contributed by atoms with E-state index in [0.717, 1.165) is 16.5 Å². The molecule has 0 unspecified atom stereocenters. The molecule has 1 aliphatic heterocycles. The van der Waals surface area contributed by atoms with Crippen molar-refractivity contribution in [3.8, 4) is 11.8 Å². The smallest absolute Gasteiger partial charge is 0.234 e. The zero-order chi connectivity index (χ0) is 14.8. The Morgan fingerprint density at radius 2 is 2.24 bits per heavy atom. The van der Waals surface area contributed by atoms with Gasteiger partial charge < -0.3 is 10.2 Å². The second-order valence-corrected chi connectivity index (χ2v) is 4.91. The highest BCUT2D eigenvalue weighted by Crippen LogP contribution is 2.32. The molecule has 2 amide bonds. The molecule has 106 valence electrons. The van der Waals surface area contributed by atoms with Crippen LogP contribution in [0.5, 0.6) is 0 Å². The lowest BCUT2D eigenvalue weighted by Gasteiger charge is -2.19. The molecule has 1 fully saturated rings. The van der Waals surface area contributed by atoms with Gasteiger partial charge in [0, 0.05) is 22.9 Å². The molecule has 0 aliphatic carbocycles. The van der Waals surface area contributed by atoms with Crippen molar-refractivity contribution in [3.63, 3.8) is 0 Å². The minimum Gasteiger partial charge on any atom is -0.464 e. The second-order valence-electron chi connectivity index (χ2n) is 4.91. The molecule has 1 aliphatic rings. The van der Waals surface area contributed by atoms with E-state index in [1.807, 2.05) is 18.2 Å². The predicted octanol–water partition coefficient (Wildman–Crippen LogP) is 1.26. The Labute approximate surface area is 121 Å². The molecule has 21 heavy (non-hydrogen) atoms. The molecule has 1 atom stereocenters. The van der Waals surface area contributed by atoms with Gasteiger partial charge in [-0.3, -0.25) is 14.9 Å². The number of furan rings is 1. The van der Waals surface area contributed by atoms with Gasteiger partial charge in [-0.2, -0.15) is 0 Å². The zero-order valence-electron chi connectivity index (χ0n) is 11.3. The number of hydrogen-bond donors (Lipinski definition) is 2. The Morgan fingerprint density at radius 3 is 3.00 bits per heavy atom. The minimum absolute atomic E-state index is 0.224. The van der Waals surface area contributed by atoms with E-state index in [1.54, 1.807) is 6.26 Å². The molecule has 1 aromatic carbocycles. The lowest BCUT2D eigenvalue weighted by Crippen LogP contribution is -2.39. The number of carbonyl (C=O) groups is 2. The van der Waals surface area contributed by atoms with Crippen LogP contribution >= 0.6 is 0 Å². The molecule has 0 radical (unpaired) electrons. The van der Waals surface area contributed by atoms with E-state index in [1.165, 1.54) is 0 Å². The number of nitrogens with one attached hydrogen (secondary N) is 1. The Balaban J connectivity index is 2.02. The second kappa shape index (κ2) is 5.43. The van der Waals surface area contributed by atoms with Gasteiger partial charge in [-0.1, -0.05) is 11.8 Å². The Morgan fingerprint density at radius 1 is 1.38 bits per heavy atom. The van der Waals surface area contributed by atoms with Crippen LogP contribution in [0, 0.1) is 11.8 Å². The molecule has 3 rings (SSSR count). The first-order chi connectivity index (χ1) is 10.2. The highest BCUT2D eigenvalue weighted by atomic mass is 16.3. The van der Waals surface area contributed by atoms with Crippen molar-refractivity contribution in [2.24, 2.45) is 5.73 Å². The van der Waals surface area contributed by atoms with E-state index in [-0.39, 0.29) is 17.7 Å². The van der Waals surface area contributed by atoms with Gasteiger partial charge in [0.1, 0.15) is 5.58 Å². The van der Waals surface area contributed by atoms with Crippen molar-refractivity contribution >= 4 is 22.8 Å². The van der Waals surface area contributed by atoms with Gasteiger partial charge >= 0.3 is 0 Å². The number of amides is 2. The molecule has 3 N–H and O–H groups in total. The molecule has 1 aromatic heterocycles. The monoisotopic (exact) mass is 282 g/mol. The van der Waals surface area contributed by atoms with Crippen molar-refractivity contribution in [2.45, 2.75) is 18.8 Å². The number of piperidine rings is 1. The SMILES string of the molecule is NCC#Cc1ccc2occ([C@H]3CCC(=O)NC3=O)c2c1. The van der Waals surface area contributed by atoms with Crippen LogP contribution in [-0.2, 0) is 9.59 Å². The van der Waals surface area contributed by atoms with E-state index in [4.69, 9.17) is 10.2 Å². The van der Waals surface area contributed by atoms with E-state index >= 15 is 0 Å². The van der Waals surface area contributed by atoms with Crippen LogP contribution in [0.15, 0.2) is 28.9 Å². The summed E-state index contributed by atoms with van der Waals surface area (Å²) < 4.78 is 5.50. The normalized spacial score (nSPS) is 18.2. The highest BCUT2D eigenvalue weighted by molar-refractivity contribution is 6.02. The number of imide groups is 1. The van der Waals surface area contributed by atoms with Gasteiger partial charge in [0.05, 0.1) is 18.7 Å². The summed E-state index contributed by atoms with van der Waals surface area (Å²) in [4.78, 5) is 23.2. The maximum Gasteiger partial charge on any atom is 0.234 e. The summed E-state index contributed by atoms with van der Waals surface area (Å²) >= 11 is 0. The van der Waals surface area contributed by atoms with Crippen molar-refractivity contribution in [1.82, 2.24) is 5.32 Å². The number of benzene rings is 1. The largest absolute Gasteiger partial charge is 0.464 e. The van der Waals surface area contributed by atoms with Crippen molar-refractivity contribution < 1.29 is 14.0 Å². The maximum absolute atomic E-state index is 12.0. The van der Waals surface area contributed by atoms with Gasteiger partial charge in [0.15, 0.2) is 0 Å². The third kappa shape index (κ3) is 2.54. The summed E-state index contributed by atoms with van der Waals surface area (Å²) in [7, 11) is 0. The summed E-state index contributed by atoms with van der Waals surface area (Å²) in [6.45, 7) is 0.295. The third-order valence-electron chi connectivity index (χ3n) is 3.55. The predicted molar refractivity (Wildman–Crippen MR) is 77.3 cm³/mol. The lowest BCUT2D eigenvalue weighted by molar-refractivity contribution is -0.134. The van der Waals surface area contributed by atoms with Crippen LogP contribution in [0.4, 0.5) is 0 Å². The van der Waals surface area contributed by atoms with Crippen molar-refractivity contribution in [3.05, 3.63) is 35.6 Å². The Kier molecular flexibility index (Phi) is 3.46. The Bertz CT molecular complexity index is 780. The van der Waals surface area contributed by atoms with Crippen LogP contribution in [0.2, 0.25) is 0 Å². The molecule has 0 saturated carbocycles. The van der Waals surface area contributed by atoms with Gasteiger partial charge in [-0.15, -0.1) is 0 Å². The molecule has 5 heteroatoms. The van der Waals surface area contributed by atoms with E-state index < -0.39 is 0 Å². The number of hydrogen-bond acceptors (Lipinski definition) is 4. The van der Waals surface area contributed by atoms with Crippen LogP contribution in [0.25, 0.3) is 11.0 Å². The number of nitrogens with two attached hydrogens (primary N) is 1. The summed E-state index contributed by atoms with van der Waals surface area (Å²) in [5.74, 6) is 4.91. The van der Waals surface area contributed by atoms with Crippen LogP contribution in [-0.4, -0.2) is 18.4 Å². The van der Waals surface area contributed by atoms with E-state index in [0.29, 0.717) is 25.0 Å². The van der Waals surface area contributed by atoms with Crippen LogP contribution < -0.4 is 11.1 Å². The molecule has 0 spiro atoms. The molecular weight excluding hydrogens is 268 g/mol. The lowest BCUT2D eigenvalue weighted by atomic mass is 9.90. The van der Waals surface area contributed by atoms with E-state index in [9.17, 15) is 9.59 Å². The fourth-order valence-corrected chi connectivity index (χ4v) is 2.54. The fourth-order valence-electron chi connectivity index (χ4n) is 2.54. The Hall–Kier alpha value is -2.58. The minimum atomic E-state index is -0.360. The quantitative estimate of drug-likeness (QED) is 0.609. The van der Waals surface area contributed by atoms with E-state index in [2.05, 4.69) is 17.2 Å². The molecule has 5 nitrogen and oxygen atoms in total. The summed E-state index contributed by atoms with van der Waals surface area (Å²) in [6, 6.07) is 5.56. The third-order valence-corrected chi connectivity index (χ3v) is 3.55. The summed E-state index contributed by atoms with van der Waals surface area (Å²) in [6.07, 6.45) is 2.43. The average molecular weight is 282 g/mol. The van der Waals surface area contributed by atoms with Crippen LogP contribution in [0.3, 0.4) is 0 Å². The molecule has 2 heterocycles. The van der Waals surface area contributed by atoms with Crippen molar-refractivity contribution in [1.29, 1.82) is 0 Å². The van der Waals surface area contributed by atoms with Gasteiger partial charge in [0.2, 0.25) is 11.8 Å². The van der Waals surface area contributed by atoms with Crippen molar-refractivity contribution in [2.75, 3.05) is 6.54 Å². The van der Waals surface area contributed by atoms with Crippen LogP contribution in [0.1, 0.15) is 29.9 Å². The zero-order valence-corrected chi connectivity index (χ0v) is 11.3.